The lowest BCUT2D eigenvalue weighted by Gasteiger charge is -2.24. The van der Waals surface area contributed by atoms with Crippen LogP contribution in [0.1, 0.15) is 30.9 Å². The van der Waals surface area contributed by atoms with Crippen molar-refractivity contribution in [1.82, 2.24) is 24.0 Å². The molecule has 0 saturated heterocycles. The minimum atomic E-state index is -0.397. The molecule has 34 heavy (non-hydrogen) atoms. The average molecular weight is 481 g/mol. The lowest BCUT2D eigenvalue weighted by atomic mass is 10.1. The quantitative estimate of drug-likeness (QED) is 0.187. The number of nitrogens with zero attached hydrogens (tertiary/aromatic N) is 5. The predicted octanol–water partition coefficient (Wildman–Crippen LogP) is 1.89. The van der Waals surface area contributed by atoms with Crippen LogP contribution in [0.3, 0.4) is 0 Å². The maximum Gasteiger partial charge on any atom is 0.174 e. The van der Waals surface area contributed by atoms with Gasteiger partial charge in [0.15, 0.2) is 12.6 Å². The molecule has 0 amide bonds. The fraction of sp³-hybridized carbons (Fsp3) is 0.652. The number of unbranched alkanes of at least 4 members (excludes halogenated alkanes) is 1. The highest BCUT2D eigenvalue weighted by molar-refractivity contribution is 4.97. The van der Waals surface area contributed by atoms with E-state index >= 15 is 0 Å². The lowest BCUT2D eigenvalue weighted by Crippen LogP contribution is -2.30. The smallest absolute Gasteiger partial charge is 0.174 e. The van der Waals surface area contributed by atoms with Crippen LogP contribution in [0.15, 0.2) is 37.1 Å². The highest BCUT2D eigenvalue weighted by Crippen LogP contribution is 2.13. The molecule has 0 saturated carbocycles. The van der Waals surface area contributed by atoms with Crippen LogP contribution in [-0.4, -0.2) is 82.7 Å². The van der Waals surface area contributed by atoms with Crippen molar-refractivity contribution in [2.75, 3.05) is 35.0 Å². The Labute approximate surface area is 202 Å². The summed E-state index contributed by atoms with van der Waals surface area (Å²) in [5, 5.41) is 9.47. The van der Waals surface area contributed by atoms with Gasteiger partial charge in [-0.15, -0.1) is 0 Å². The number of aliphatic hydroxyl groups excluding tert-OH is 1. The molecule has 0 radical (unpaired) electrons. The first kappa shape index (κ1) is 28.0. The Morgan fingerprint density at radius 2 is 1.41 bits per heavy atom. The van der Waals surface area contributed by atoms with Crippen molar-refractivity contribution in [3.05, 3.63) is 48.8 Å². The average Bonchev–Trinajstić information content (AvgIpc) is 3.46. The number of hydrogen-bond donors (Lipinski definition) is 2. The van der Waals surface area contributed by atoms with E-state index in [2.05, 4.69) is 21.4 Å². The number of nitrogens with two attached hydrogens (primary N) is 1. The van der Waals surface area contributed by atoms with Crippen LogP contribution in [0.25, 0.3) is 0 Å². The third kappa shape index (κ3) is 8.82. The zero-order chi connectivity index (χ0) is 24.9. The predicted molar refractivity (Wildman–Crippen MR) is 128 cm³/mol. The summed E-state index contributed by atoms with van der Waals surface area (Å²) in [5.41, 5.74) is 5.90. The van der Waals surface area contributed by atoms with Crippen molar-refractivity contribution in [3.8, 4) is 0 Å². The molecule has 2 aromatic rings. The summed E-state index contributed by atoms with van der Waals surface area (Å²) in [6, 6.07) is -0.397. The van der Waals surface area contributed by atoms with Gasteiger partial charge in [-0.05, 0) is 19.4 Å². The number of hydrogen-bond acceptors (Lipinski definition) is 9. The number of ether oxygens (including phenoxy) is 4. The van der Waals surface area contributed by atoms with Crippen molar-refractivity contribution >= 4 is 0 Å². The first-order valence-electron chi connectivity index (χ1n) is 11.4. The van der Waals surface area contributed by atoms with Crippen LogP contribution in [0.2, 0.25) is 0 Å². The van der Waals surface area contributed by atoms with Gasteiger partial charge in [-0.1, -0.05) is 13.0 Å². The van der Waals surface area contributed by atoms with Crippen molar-refractivity contribution in [2.24, 2.45) is 5.73 Å². The zero-order valence-corrected chi connectivity index (χ0v) is 20.8. The second kappa shape index (κ2) is 14.9. The monoisotopic (exact) mass is 480 g/mol. The van der Waals surface area contributed by atoms with Gasteiger partial charge in [0.25, 0.3) is 0 Å². The number of imidazole rings is 2. The van der Waals surface area contributed by atoms with Crippen molar-refractivity contribution in [1.29, 1.82) is 0 Å². The van der Waals surface area contributed by atoms with Gasteiger partial charge < -0.3 is 38.9 Å². The van der Waals surface area contributed by atoms with Gasteiger partial charge in [-0.3, -0.25) is 4.90 Å². The molecule has 2 aromatic heterocycles. The van der Waals surface area contributed by atoms with Crippen molar-refractivity contribution in [2.45, 2.75) is 64.1 Å². The van der Waals surface area contributed by atoms with Crippen LogP contribution < -0.4 is 5.73 Å². The normalized spacial score (nSPS) is 12.8. The zero-order valence-electron chi connectivity index (χ0n) is 20.8. The van der Waals surface area contributed by atoms with Crippen molar-refractivity contribution < 1.29 is 24.1 Å². The van der Waals surface area contributed by atoms with Gasteiger partial charge in [0.2, 0.25) is 0 Å². The molecule has 192 valence electrons. The first-order valence-corrected chi connectivity index (χ1v) is 11.4. The Bertz CT molecular complexity index is 779. The van der Waals surface area contributed by atoms with E-state index in [-0.39, 0.29) is 18.3 Å². The van der Waals surface area contributed by atoms with E-state index in [1.54, 1.807) is 40.8 Å². The molecule has 0 fully saturated rings. The maximum absolute atomic E-state index is 9.47. The molecule has 2 rings (SSSR count). The van der Waals surface area contributed by atoms with Gasteiger partial charge in [0.05, 0.1) is 32.2 Å². The molecule has 0 aliphatic heterocycles. The first-order chi connectivity index (χ1) is 16.4. The summed E-state index contributed by atoms with van der Waals surface area (Å²) in [6.45, 7) is 6.66. The molecule has 0 bridgehead atoms. The Morgan fingerprint density at radius 1 is 0.941 bits per heavy atom. The molecule has 1 unspecified atom stereocenters. The van der Waals surface area contributed by atoms with Crippen LogP contribution in [-0.2, 0) is 45.1 Å². The molecule has 11 nitrogen and oxygen atoms in total. The standard InChI is InChI=1S/C23H40N6O5/c1-18(30)19(24)8-6-7-11-27(14-20-25-9-12-28(20)16-22(31-2)32-3)15-21-26-10-13-29(21)17-23(33-4)34-5/h9-10,12-13,19,22-23,30H,1,6-8,11,14-17,24H2,2-5H3. The fourth-order valence-corrected chi connectivity index (χ4v) is 3.61. The topological polar surface area (TPSA) is 122 Å². The van der Waals surface area contributed by atoms with Gasteiger partial charge in [0, 0.05) is 53.2 Å². The molecule has 3 N–H and O–H groups in total. The molecule has 11 heteroatoms. The maximum atomic E-state index is 9.47. The summed E-state index contributed by atoms with van der Waals surface area (Å²) in [5.74, 6) is 1.84. The van der Waals surface area contributed by atoms with Gasteiger partial charge in [-0.25, -0.2) is 9.97 Å². The van der Waals surface area contributed by atoms with Crippen molar-refractivity contribution in [3.63, 3.8) is 0 Å². The molecule has 1 atom stereocenters. The Hall–Kier alpha value is -2.28. The Kier molecular flexibility index (Phi) is 12.2. The van der Waals surface area contributed by atoms with Crippen LogP contribution >= 0.6 is 0 Å². The number of aromatic nitrogens is 4. The SMILES string of the molecule is C=C(O)C(N)CCCCN(Cc1nccn1CC(OC)OC)Cc1nccn1CC(OC)OC. The Morgan fingerprint density at radius 3 is 1.82 bits per heavy atom. The van der Waals surface area contributed by atoms with E-state index in [1.165, 1.54) is 0 Å². The number of aliphatic hydroxyl groups is 1. The van der Waals surface area contributed by atoms with E-state index < -0.39 is 6.04 Å². The molecule has 0 aliphatic rings. The third-order valence-electron chi connectivity index (χ3n) is 5.74. The fourth-order valence-electron chi connectivity index (χ4n) is 3.61. The summed E-state index contributed by atoms with van der Waals surface area (Å²) in [7, 11) is 6.48. The molecule has 2 heterocycles. The van der Waals surface area contributed by atoms with Gasteiger partial charge in [0.1, 0.15) is 17.4 Å². The molecule has 0 aromatic carbocycles. The second-order valence-electron chi connectivity index (χ2n) is 8.10. The molecular formula is C23H40N6O5. The van der Waals surface area contributed by atoms with E-state index in [9.17, 15) is 5.11 Å². The summed E-state index contributed by atoms with van der Waals surface area (Å²) in [4.78, 5) is 11.4. The van der Waals surface area contributed by atoms with E-state index in [0.29, 0.717) is 32.6 Å². The summed E-state index contributed by atoms with van der Waals surface area (Å²) in [6.07, 6.45) is 9.15. The lowest BCUT2D eigenvalue weighted by molar-refractivity contribution is -0.111. The van der Waals surface area contributed by atoms with Gasteiger partial charge >= 0.3 is 0 Å². The van der Waals surface area contributed by atoms with E-state index in [4.69, 9.17) is 24.7 Å². The molecule has 0 spiro atoms. The van der Waals surface area contributed by atoms with E-state index in [0.717, 1.165) is 31.0 Å². The Balaban J connectivity index is 2.11. The molecule has 0 aliphatic carbocycles. The summed E-state index contributed by atoms with van der Waals surface area (Å²) < 4.78 is 25.5. The number of rotatable bonds is 18. The summed E-state index contributed by atoms with van der Waals surface area (Å²) >= 11 is 0. The number of methoxy groups -OCH3 is 4. The third-order valence-corrected chi connectivity index (χ3v) is 5.74. The second-order valence-corrected chi connectivity index (χ2v) is 8.10. The largest absolute Gasteiger partial charge is 0.511 e. The van der Waals surface area contributed by atoms with Crippen LogP contribution in [0, 0.1) is 0 Å². The highest BCUT2D eigenvalue weighted by atomic mass is 16.7. The van der Waals surface area contributed by atoms with Crippen LogP contribution in [0.4, 0.5) is 0 Å². The van der Waals surface area contributed by atoms with Crippen LogP contribution in [0.5, 0.6) is 0 Å². The minimum Gasteiger partial charge on any atom is -0.511 e. The highest BCUT2D eigenvalue weighted by Gasteiger charge is 2.17. The van der Waals surface area contributed by atoms with E-state index in [1.807, 2.05) is 21.5 Å². The minimum absolute atomic E-state index is 0.0255. The molecular weight excluding hydrogens is 440 g/mol. The van der Waals surface area contributed by atoms with Gasteiger partial charge in [-0.2, -0.15) is 0 Å².